The zero-order chi connectivity index (χ0) is 22.5. The van der Waals surface area contributed by atoms with Crippen LogP contribution in [0, 0.1) is 6.92 Å². The Bertz CT molecular complexity index is 1250. The van der Waals surface area contributed by atoms with E-state index in [1.165, 1.54) is 11.3 Å². The van der Waals surface area contributed by atoms with Gasteiger partial charge in [-0.15, -0.1) is 11.3 Å². The van der Waals surface area contributed by atoms with Crippen LogP contribution in [0.4, 0.5) is 17.6 Å². The standard InChI is InChI=1S/C22H19ClN6O2S/c1-13-5-7-16(8-6-13)26-22-28-18(27-21(24)29-22)11-31-19(30)10-17-12-32-20(25-17)14-3-2-4-15(23)9-14/h2-9,12H,10-11H2,1H3,(H3,24,26,27,28,29). The number of esters is 1. The summed E-state index contributed by atoms with van der Waals surface area (Å²) in [7, 11) is 0. The number of rotatable bonds is 7. The summed E-state index contributed by atoms with van der Waals surface area (Å²) >= 11 is 7.47. The van der Waals surface area contributed by atoms with E-state index in [2.05, 4.69) is 25.3 Å². The van der Waals surface area contributed by atoms with Gasteiger partial charge in [-0.25, -0.2) is 4.98 Å². The van der Waals surface area contributed by atoms with Crippen molar-refractivity contribution in [1.82, 2.24) is 19.9 Å². The molecule has 0 spiro atoms. The molecule has 0 unspecified atom stereocenters. The number of aryl methyl sites for hydroxylation is 1. The fourth-order valence-corrected chi connectivity index (χ4v) is 3.82. The maximum atomic E-state index is 12.3. The van der Waals surface area contributed by atoms with E-state index < -0.39 is 5.97 Å². The Kier molecular flexibility index (Phi) is 6.58. The molecule has 0 aliphatic heterocycles. The van der Waals surface area contributed by atoms with Crippen LogP contribution in [0.3, 0.4) is 0 Å². The predicted octanol–water partition coefficient (Wildman–Crippen LogP) is 4.57. The quantitative estimate of drug-likeness (QED) is 0.380. The maximum absolute atomic E-state index is 12.3. The lowest BCUT2D eigenvalue weighted by Crippen LogP contribution is -2.12. The second-order valence-corrected chi connectivity index (χ2v) is 8.21. The molecule has 4 aromatic rings. The minimum absolute atomic E-state index is 0.0336. The van der Waals surface area contributed by atoms with Crippen LogP contribution in [-0.4, -0.2) is 25.9 Å². The SMILES string of the molecule is Cc1ccc(Nc2nc(N)nc(COC(=O)Cc3csc(-c4cccc(Cl)c4)n3)n2)cc1. The molecule has 0 aliphatic carbocycles. The van der Waals surface area contributed by atoms with E-state index in [-0.39, 0.29) is 30.7 Å². The van der Waals surface area contributed by atoms with Crippen molar-refractivity contribution < 1.29 is 9.53 Å². The highest BCUT2D eigenvalue weighted by atomic mass is 35.5. The molecule has 4 rings (SSSR count). The summed E-state index contributed by atoms with van der Waals surface area (Å²) in [4.78, 5) is 29.1. The molecule has 162 valence electrons. The largest absolute Gasteiger partial charge is 0.457 e. The van der Waals surface area contributed by atoms with Crippen LogP contribution in [0.15, 0.2) is 53.9 Å². The van der Waals surface area contributed by atoms with Crippen molar-refractivity contribution >= 4 is 46.5 Å². The smallest absolute Gasteiger partial charge is 0.312 e. The molecular formula is C22H19ClN6O2S. The number of nitrogen functional groups attached to an aromatic ring is 1. The van der Waals surface area contributed by atoms with Crippen molar-refractivity contribution in [2.45, 2.75) is 20.0 Å². The van der Waals surface area contributed by atoms with E-state index in [4.69, 9.17) is 22.1 Å². The van der Waals surface area contributed by atoms with E-state index in [0.717, 1.165) is 21.8 Å². The van der Waals surface area contributed by atoms with Crippen LogP contribution in [0.25, 0.3) is 10.6 Å². The lowest BCUT2D eigenvalue weighted by molar-refractivity contribution is -0.144. The van der Waals surface area contributed by atoms with Crippen LogP contribution >= 0.6 is 22.9 Å². The molecular weight excluding hydrogens is 448 g/mol. The lowest BCUT2D eigenvalue weighted by atomic mass is 10.2. The number of halogens is 1. The molecule has 2 heterocycles. The Balaban J connectivity index is 1.36. The number of ether oxygens (including phenoxy) is 1. The van der Waals surface area contributed by atoms with Gasteiger partial charge < -0.3 is 15.8 Å². The third-order valence-corrected chi connectivity index (χ3v) is 5.49. The zero-order valence-electron chi connectivity index (χ0n) is 17.1. The van der Waals surface area contributed by atoms with E-state index >= 15 is 0 Å². The Labute approximate surface area is 193 Å². The van der Waals surface area contributed by atoms with Gasteiger partial charge in [0.1, 0.15) is 5.01 Å². The fraction of sp³-hybridized carbons (Fsp3) is 0.136. The van der Waals surface area contributed by atoms with E-state index in [0.29, 0.717) is 10.7 Å². The summed E-state index contributed by atoms with van der Waals surface area (Å²) in [6.45, 7) is 1.88. The number of benzene rings is 2. The average molecular weight is 467 g/mol. The van der Waals surface area contributed by atoms with Crippen LogP contribution in [0.5, 0.6) is 0 Å². The van der Waals surface area contributed by atoms with E-state index in [1.54, 1.807) is 6.07 Å². The number of thiazole rings is 1. The molecule has 2 aromatic heterocycles. The number of nitrogens with two attached hydrogens (primary N) is 1. The Morgan fingerprint density at radius 1 is 1.12 bits per heavy atom. The molecule has 2 aromatic carbocycles. The van der Waals surface area contributed by atoms with Crippen molar-refractivity contribution in [3.63, 3.8) is 0 Å². The molecule has 0 radical (unpaired) electrons. The Morgan fingerprint density at radius 2 is 1.94 bits per heavy atom. The number of carbonyl (C=O) groups excluding carboxylic acids is 1. The first-order valence-corrected chi connectivity index (χ1v) is 10.9. The van der Waals surface area contributed by atoms with Gasteiger partial charge in [-0.2, -0.15) is 15.0 Å². The first-order chi connectivity index (χ1) is 15.4. The highest BCUT2D eigenvalue weighted by Crippen LogP contribution is 2.26. The molecule has 32 heavy (non-hydrogen) atoms. The van der Waals surface area contributed by atoms with Gasteiger partial charge in [0.05, 0.1) is 12.1 Å². The minimum Gasteiger partial charge on any atom is -0.457 e. The van der Waals surface area contributed by atoms with Crippen LogP contribution in [-0.2, 0) is 22.6 Å². The molecule has 0 amide bonds. The van der Waals surface area contributed by atoms with E-state index in [9.17, 15) is 4.79 Å². The predicted molar refractivity (Wildman–Crippen MR) is 125 cm³/mol. The summed E-state index contributed by atoms with van der Waals surface area (Å²) in [6.07, 6.45) is 0.0338. The van der Waals surface area contributed by atoms with Crippen molar-refractivity contribution in [3.05, 3.63) is 76.0 Å². The number of aromatic nitrogens is 4. The number of anilines is 3. The minimum atomic E-state index is -0.444. The maximum Gasteiger partial charge on any atom is 0.312 e. The molecule has 0 fully saturated rings. The van der Waals surface area contributed by atoms with Gasteiger partial charge in [0.2, 0.25) is 11.9 Å². The molecule has 0 saturated heterocycles. The van der Waals surface area contributed by atoms with Crippen molar-refractivity contribution in [3.8, 4) is 10.6 Å². The van der Waals surface area contributed by atoms with Crippen LogP contribution < -0.4 is 11.1 Å². The Morgan fingerprint density at radius 3 is 2.72 bits per heavy atom. The summed E-state index contributed by atoms with van der Waals surface area (Å²) in [5.74, 6) is 0.114. The highest BCUT2D eigenvalue weighted by molar-refractivity contribution is 7.13. The number of nitrogens with zero attached hydrogens (tertiary/aromatic N) is 4. The second-order valence-electron chi connectivity index (χ2n) is 6.92. The van der Waals surface area contributed by atoms with Gasteiger partial charge in [0, 0.05) is 21.7 Å². The number of carbonyl (C=O) groups is 1. The van der Waals surface area contributed by atoms with Gasteiger partial charge in [0.25, 0.3) is 0 Å². The number of nitrogens with one attached hydrogen (secondary N) is 1. The third kappa shape index (κ3) is 5.77. The first kappa shape index (κ1) is 21.7. The van der Waals surface area contributed by atoms with Gasteiger partial charge in [0.15, 0.2) is 12.4 Å². The van der Waals surface area contributed by atoms with Crippen molar-refractivity contribution in [2.75, 3.05) is 11.1 Å². The molecule has 0 bridgehead atoms. The molecule has 0 saturated carbocycles. The van der Waals surface area contributed by atoms with Gasteiger partial charge >= 0.3 is 5.97 Å². The average Bonchev–Trinajstić information content (AvgIpc) is 3.22. The molecule has 0 aliphatic rings. The molecule has 0 atom stereocenters. The van der Waals surface area contributed by atoms with Gasteiger partial charge in [-0.3, -0.25) is 4.79 Å². The third-order valence-electron chi connectivity index (χ3n) is 4.32. The summed E-state index contributed by atoms with van der Waals surface area (Å²) < 4.78 is 5.31. The summed E-state index contributed by atoms with van der Waals surface area (Å²) in [5.41, 5.74) is 9.24. The molecule has 3 N–H and O–H groups in total. The van der Waals surface area contributed by atoms with E-state index in [1.807, 2.05) is 54.8 Å². The topological polar surface area (TPSA) is 116 Å². The normalized spacial score (nSPS) is 10.7. The van der Waals surface area contributed by atoms with Crippen molar-refractivity contribution in [2.24, 2.45) is 0 Å². The molecule has 8 nitrogen and oxygen atoms in total. The Hall–Kier alpha value is -3.56. The summed E-state index contributed by atoms with van der Waals surface area (Å²) in [5, 5.41) is 6.30. The van der Waals surface area contributed by atoms with Gasteiger partial charge in [-0.05, 0) is 31.2 Å². The van der Waals surface area contributed by atoms with Crippen LogP contribution in [0.1, 0.15) is 17.1 Å². The monoisotopic (exact) mass is 466 g/mol. The van der Waals surface area contributed by atoms with Crippen LogP contribution in [0.2, 0.25) is 5.02 Å². The zero-order valence-corrected chi connectivity index (χ0v) is 18.7. The second kappa shape index (κ2) is 9.71. The first-order valence-electron chi connectivity index (χ1n) is 9.65. The lowest BCUT2D eigenvalue weighted by Gasteiger charge is -2.08. The fourth-order valence-electron chi connectivity index (χ4n) is 2.81. The highest BCUT2D eigenvalue weighted by Gasteiger charge is 2.12. The number of hydrogen-bond acceptors (Lipinski definition) is 9. The van der Waals surface area contributed by atoms with Crippen molar-refractivity contribution in [1.29, 1.82) is 0 Å². The molecule has 10 heteroatoms. The summed E-state index contributed by atoms with van der Waals surface area (Å²) in [6, 6.07) is 15.1. The van der Waals surface area contributed by atoms with Gasteiger partial charge in [-0.1, -0.05) is 41.4 Å². The number of hydrogen-bond donors (Lipinski definition) is 2.